The zero-order valence-electron chi connectivity index (χ0n) is 9.59. The van der Waals surface area contributed by atoms with Gasteiger partial charge in [0.15, 0.2) is 0 Å². The first kappa shape index (κ1) is 10.2. The van der Waals surface area contributed by atoms with Crippen LogP contribution < -0.4 is 10.1 Å². The Bertz CT molecular complexity index is 485. The van der Waals surface area contributed by atoms with Gasteiger partial charge in [-0.1, -0.05) is 25.7 Å². The maximum absolute atomic E-state index is 5.38. The molecule has 0 saturated heterocycles. The topological polar surface area (TPSA) is 37.9 Å². The molecule has 4 heteroatoms. The fourth-order valence-electron chi connectivity index (χ4n) is 1.75. The summed E-state index contributed by atoms with van der Waals surface area (Å²) in [5.41, 5.74) is 0.992. The molecule has 0 atom stereocenters. The summed E-state index contributed by atoms with van der Waals surface area (Å²) >= 11 is 0. The van der Waals surface area contributed by atoms with Gasteiger partial charge in [0.25, 0.3) is 0 Å². The van der Waals surface area contributed by atoms with Gasteiger partial charge in [0.2, 0.25) is 0 Å². The van der Waals surface area contributed by atoms with E-state index in [-0.39, 0.29) is 0 Å². The Kier molecular flexibility index (Phi) is 2.30. The molecule has 1 aromatic heterocycles. The third kappa shape index (κ3) is 1.65. The highest BCUT2D eigenvalue weighted by Gasteiger charge is 2.23. The van der Waals surface area contributed by atoms with Gasteiger partial charge in [-0.2, -0.15) is 5.10 Å². The van der Waals surface area contributed by atoms with E-state index < -0.39 is 8.07 Å². The van der Waals surface area contributed by atoms with Crippen molar-refractivity contribution in [2.24, 2.45) is 0 Å². The molecule has 0 amide bonds. The fraction of sp³-hybridized carbons (Fsp3) is 0.364. The van der Waals surface area contributed by atoms with Crippen LogP contribution in [0, 0.1) is 0 Å². The Balaban J connectivity index is 2.77. The number of hydrogen-bond acceptors (Lipinski definition) is 2. The highest BCUT2D eigenvalue weighted by molar-refractivity contribution is 6.89. The van der Waals surface area contributed by atoms with Crippen LogP contribution in [0.3, 0.4) is 0 Å². The van der Waals surface area contributed by atoms with Crippen LogP contribution in [-0.2, 0) is 0 Å². The maximum atomic E-state index is 5.38. The third-order valence-electron chi connectivity index (χ3n) is 2.51. The molecular weight excluding hydrogens is 204 g/mol. The van der Waals surface area contributed by atoms with Gasteiger partial charge < -0.3 is 4.74 Å². The predicted octanol–water partition coefficient (Wildman–Crippen LogP) is 2.12. The summed E-state index contributed by atoms with van der Waals surface area (Å²) < 4.78 is 5.38. The SMILES string of the molecule is COc1cccc2n[nH]c([Si](C)(C)C)c12. The van der Waals surface area contributed by atoms with E-state index in [4.69, 9.17) is 4.74 Å². The van der Waals surface area contributed by atoms with E-state index in [1.165, 1.54) is 5.32 Å². The molecule has 2 rings (SSSR count). The van der Waals surface area contributed by atoms with Gasteiger partial charge >= 0.3 is 0 Å². The number of rotatable bonds is 2. The van der Waals surface area contributed by atoms with Crippen LogP contribution in [0.25, 0.3) is 10.9 Å². The van der Waals surface area contributed by atoms with Crippen molar-refractivity contribution in [1.29, 1.82) is 0 Å². The standard InChI is InChI=1S/C11H16N2OSi/c1-14-9-7-5-6-8-10(9)11(13-12-8)15(2,3)4/h5-7H,1-4H3,(H,12,13). The quantitative estimate of drug-likeness (QED) is 0.787. The van der Waals surface area contributed by atoms with E-state index in [1.54, 1.807) is 7.11 Å². The Hall–Kier alpha value is -1.29. The number of aromatic amines is 1. The van der Waals surface area contributed by atoms with Crippen molar-refractivity contribution in [2.45, 2.75) is 19.6 Å². The van der Waals surface area contributed by atoms with Crippen LogP contribution in [0.4, 0.5) is 0 Å². The zero-order valence-corrected chi connectivity index (χ0v) is 10.6. The number of nitrogens with zero attached hydrogens (tertiary/aromatic N) is 1. The number of hydrogen-bond donors (Lipinski definition) is 1. The summed E-state index contributed by atoms with van der Waals surface area (Å²) in [5, 5.41) is 9.89. The van der Waals surface area contributed by atoms with Gasteiger partial charge in [-0.15, -0.1) is 0 Å². The first-order valence-corrected chi connectivity index (χ1v) is 8.55. The highest BCUT2D eigenvalue weighted by Crippen LogP contribution is 2.23. The fourth-order valence-corrected chi connectivity index (χ4v) is 3.14. The van der Waals surface area contributed by atoms with E-state index in [0.29, 0.717) is 0 Å². The Morgan fingerprint density at radius 2 is 2.00 bits per heavy atom. The van der Waals surface area contributed by atoms with E-state index in [9.17, 15) is 0 Å². The summed E-state index contributed by atoms with van der Waals surface area (Å²) in [4.78, 5) is 0. The number of fused-ring (bicyclic) bond motifs is 1. The highest BCUT2D eigenvalue weighted by atomic mass is 28.3. The van der Waals surface area contributed by atoms with Gasteiger partial charge in [-0.25, -0.2) is 0 Å². The molecule has 1 heterocycles. The van der Waals surface area contributed by atoms with Gasteiger partial charge in [0, 0.05) is 5.32 Å². The number of benzene rings is 1. The molecule has 1 aromatic carbocycles. The molecule has 0 aliphatic heterocycles. The Morgan fingerprint density at radius 1 is 1.27 bits per heavy atom. The lowest BCUT2D eigenvalue weighted by Gasteiger charge is -2.14. The second-order valence-electron chi connectivity index (χ2n) is 4.70. The van der Waals surface area contributed by atoms with Crippen molar-refractivity contribution in [3.63, 3.8) is 0 Å². The summed E-state index contributed by atoms with van der Waals surface area (Å²) in [5.74, 6) is 0.915. The van der Waals surface area contributed by atoms with Crippen LogP contribution in [0.5, 0.6) is 5.75 Å². The van der Waals surface area contributed by atoms with Crippen molar-refractivity contribution in [2.75, 3.05) is 7.11 Å². The number of H-pyrrole nitrogens is 1. The summed E-state index contributed by atoms with van der Waals surface area (Å²) in [6, 6.07) is 5.97. The second-order valence-corrected chi connectivity index (χ2v) is 9.70. The lowest BCUT2D eigenvalue weighted by molar-refractivity contribution is 0.420. The molecule has 2 aromatic rings. The summed E-state index contributed by atoms with van der Waals surface area (Å²) in [6.07, 6.45) is 0. The van der Waals surface area contributed by atoms with Gasteiger partial charge in [-0.3, -0.25) is 5.10 Å². The number of aromatic nitrogens is 2. The van der Waals surface area contributed by atoms with Crippen molar-refractivity contribution >= 4 is 24.3 Å². The molecular formula is C11H16N2OSi. The van der Waals surface area contributed by atoms with Crippen LogP contribution in [0.2, 0.25) is 19.6 Å². The van der Waals surface area contributed by atoms with Gasteiger partial charge in [0.1, 0.15) is 13.8 Å². The second kappa shape index (κ2) is 3.38. The van der Waals surface area contributed by atoms with Crippen molar-refractivity contribution in [3.8, 4) is 5.75 Å². The third-order valence-corrected chi connectivity index (χ3v) is 4.37. The van der Waals surface area contributed by atoms with Crippen LogP contribution in [0.15, 0.2) is 18.2 Å². The minimum Gasteiger partial charge on any atom is -0.496 e. The number of ether oxygens (including phenoxy) is 1. The molecule has 3 nitrogen and oxygen atoms in total. The monoisotopic (exact) mass is 220 g/mol. The smallest absolute Gasteiger partial charge is 0.129 e. The zero-order chi connectivity index (χ0) is 11.1. The first-order chi connectivity index (χ1) is 7.04. The molecule has 0 fully saturated rings. The normalized spacial score (nSPS) is 12.0. The largest absolute Gasteiger partial charge is 0.496 e. The summed E-state index contributed by atoms with van der Waals surface area (Å²) in [6.45, 7) is 6.89. The molecule has 0 aliphatic carbocycles. The molecule has 0 saturated carbocycles. The van der Waals surface area contributed by atoms with Crippen LogP contribution >= 0.6 is 0 Å². The molecule has 0 aliphatic rings. The Morgan fingerprint density at radius 3 is 2.60 bits per heavy atom. The lowest BCUT2D eigenvalue weighted by atomic mass is 10.2. The molecule has 1 N–H and O–H groups in total. The average Bonchev–Trinajstić information content (AvgIpc) is 2.59. The maximum Gasteiger partial charge on any atom is 0.129 e. The molecule has 0 spiro atoms. The van der Waals surface area contributed by atoms with Crippen molar-refractivity contribution < 1.29 is 4.74 Å². The number of nitrogens with one attached hydrogen (secondary N) is 1. The molecule has 15 heavy (non-hydrogen) atoms. The van der Waals surface area contributed by atoms with Crippen molar-refractivity contribution in [3.05, 3.63) is 18.2 Å². The Labute approximate surface area is 90.5 Å². The summed E-state index contributed by atoms with van der Waals surface area (Å²) in [7, 11) is 0.313. The van der Waals surface area contributed by atoms with E-state index >= 15 is 0 Å². The average molecular weight is 220 g/mol. The molecule has 80 valence electrons. The van der Waals surface area contributed by atoms with Crippen molar-refractivity contribution in [1.82, 2.24) is 10.2 Å². The first-order valence-electron chi connectivity index (χ1n) is 5.05. The van der Waals surface area contributed by atoms with E-state index in [2.05, 4.69) is 29.8 Å². The van der Waals surface area contributed by atoms with E-state index in [0.717, 1.165) is 16.7 Å². The van der Waals surface area contributed by atoms with Gasteiger partial charge in [-0.05, 0) is 12.1 Å². The predicted molar refractivity (Wildman–Crippen MR) is 65.6 cm³/mol. The lowest BCUT2D eigenvalue weighted by Crippen LogP contribution is -2.39. The number of methoxy groups -OCH3 is 1. The van der Waals surface area contributed by atoms with Crippen LogP contribution in [-0.4, -0.2) is 25.4 Å². The van der Waals surface area contributed by atoms with Gasteiger partial charge in [0.05, 0.1) is 18.0 Å². The van der Waals surface area contributed by atoms with Crippen LogP contribution in [0.1, 0.15) is 0 Å². The molecule has 0 unspecified atom stereocenters. The minimum absolute atomic E-state index is 0.915. The van der Waals surface area contributed by atoms with E-state index in [1.807, 2.05) is 18.2 Å². The molecule has 0 radical (unpaired) electrons. The molecule has 0 bridgehead atoms. The minimum atomic E-state index is -1.39.